The Morgan fingerprint density at radius 2 is 2.04 bits per heavy atom. The Labute approximate surface area is 147 Å². The van der Waals surface area contributed by atoms with Gasteiger partial charge in [0.1, 0.15) is 18.5 Å². The Bertz CT molecular complexity index is 562. The molecule has 24 heavy (non-hydrogen) atoms. The molecule has 8 heteroatoms. The second kappa shape index (κ2) is 8.41. The molecule has 7 nitrogen and oxygen atoms in total. The molecule has 136 valence electrons. The van der Waals surface area contributed by atoms with Gasteiger partial charge >= 0.3 is 0 Å². The van der Waals surface area contributed by atoms with Crippen LogP contribution in [-0.4, -0.2) is 43.1 Å². The number of fused-ring (bicyclic) bond motifs is 1. The molecule has 4 N–H and O–H groups in total. The third kappa shape index (κ3) is 5.43. The highest BCUT2D eigenvalue weighted by Gasteiger charge is 2.27. The zero-order valence-electron chi connectivity index (χ0n) is 14.1. The maximum Gasteiger partial charge on any atom is 0.237 e. The van der Waals surface area contributed by atoms with E-state index in [0.29, 0.717) is 17.2 Å². The number of ether oxygens (including phenoxy) is 3. The number of carbonyl (C=O) groups excluding carboxylic acids is 1. The molecule has 0 radical (unpaired) electrons. The predicted octanol–water partition coefficient (Wildman–Crippen LogP) is 1.07. The van der Waals surface area contributed by atoms with Gasteiger partial charge in [0, 0.05) is 12.6 Å². The summed E-state index contributed by atoms with van der Waals surface area (Å²) in [6.45, 7) is 5.97. The van der Waals surface area contributed by atoms with Crippen LogP contribution in [0.5, 0.6) is 17.2 Å². The molecule has 2 atom stereocenters. The first-order valence-electron chi connectivity index (χ1n) is 7.51. The van der Waals surface area contributed by atoms with E-state index < -0.39 is 12.1 Å². The average Bonchev–Trinajstić information content (AvgIpc) is 2.96. The van der Waals surface area contributed by atoms with Gasteiger partial charge in [-0.25, -0.2) is 0 Å². The normalized spacial score (nSPS) is 15.2. The fourth-order valence-electron chi connectivity index (χ4n) is 1.94. The second-order valence-electron chi connectivity index (χ2n) is 6.57. The fraction of sp³-hybridized carbons (Fsp3) is 0.562. The van der Waals surface area contributed by atoms with Gasteiger partial charge in [-0.3, -0.25) is 4.79 Å². The molecular formula is C16H25ClN2O5. The number of halogens is 1. The average molecular weight is 361 g/mol. The van der Waals surface area contributed by atoms with E-state index in [2.05, 4.69) is 5.32 Å². The predicted molar refractivity (Wildman–Crippen MR) is 91.8 cm³/mol. The van der Waals surface area contributed by atoms with Crippen molar-refractivity contribution in [1.82, 2.24) is 5.32 Å². The highest BCUT2D eigenvalue weighted by atomic mass is 35.5. The Morgan fingerprint density at radius 1 is 1.38 bits per heavy atom. The van der Waals surface area contributed by atoms with Crippen molar-refractivity contribution in [3.8, 4) is 17.2 Å². The lowest BCUT2D eigenvalue weighted by atomic mass is 9.87. The standard InChI is InChI=1S/C16H24N2O5.ClH/c1-16(2,3)14(17)15(20)18-7-10(19)8-21-11-4-5-12-13(6-11)23-9-22-12;/h4-6,10,14,19H,7-9,17H2,1-3H3,(H,18,20);1H/t10?,14-;/m1./s1. The number of rotatable bonds is 6. The van der Waals surface area contributed by atoms with Crippen LogP contribution in [0, 0.1) is 5.41 Å². The molecule has 1 aliphatic rings. The molecule has 0 saturated heterocycles. The van der Waals surface area contributed by atoms with Crippen molar-refractivity contribution in [2.24, 2.45) is 11.1 Å². The summed E-state index contributed by atoms with van der Waals surface area (Å²) in [7, 11) is 0. The number of benzene rings is 1. The topological polar surface area (TPSA) is 103 Å². The zero-order valence-corrected chi connectivity index (χ0v) is 14.9. The summed E-state index contributed by atoms with van der Waals surface area (Å²) in [6, 6.07) is 4.54. The molecule has 1 aromatic carbocycles. The lowest BCUT2D eigenvalue weighted by Gasteiger charge is -2.26. The van der Waals surface area contributed by atoms with Crippen LogP contribution in [0.2, 0.25) is 0 Å². The van der Waals surface area contributed by atoms with Crippen LogP contribution in [-0.2, 0) is 4.79 Å². The summed E-state index contributed by atoms with van der Waals surface area (Å²) in [5.41, 5.74) is 5.51. The number of nitrogens with one attached hydrogen (secondary N) is 1. The number of nitrogens with two attached hydrogens (primary N) is 1. The molecule has 1 heterocycles. The maximum absolute atomic E-state index is 11.9. The molecule has 0 aromatic heterocycles. The van der Waals surface area contributed by atoms with Gasteiger partial charge < -0.3 is 30.4 Å². The van der Waals surface area contributed by atoms with E-state index in [1.165, 1.54) is 0 Å². The Kier molecular flexibility index (Phi) is 7.13. The highest BCUT2D eigenvalue weighted by molar-refractivity contribution is 5.85. The van der Waals surface area contributed by atoms with Crippen LogP contribution in [0.1, 0.15) is 20.8 Å². The van der Waals surface area contributed by atoms with Gasteiger partial charge in [0.25, 0.3) is 0 Å². The first kappa shape index (κ1) is 20.3. The third-order valence-electron chi connectivity index (χ3n) is 3.51. The first-order chi connectivity index (χ1) is 10.8. The summed E-state index contributed by atoms with van der Waals surface area (Å²) in [4.78, 5) is 11.9. The number of carbonyl (C=O) groups is 1. The monoisotopic (exact) mass is 360 g/mol. The molecular weight excluding hydrogens is 336 g/mol. The van der Waals surface area contributed by atoms with E-state index in [4.69, 9.17) is 19.9 Å². The van der Waals surface area contributed by atoms with E-state index in [-0.39, 0.29) is 43.7 Å². The molecule has 0 saturated carbocycles. The van der Waals surface area contributed by atoms with Crippen molar-refractivity contribution < 1.29 is 24.1 Å². The van der Waals surface area contributed by atoms with Crippen molar-refractivity contribution in [2.45, 2.75) is 32.9 Å². The Morgan fingerprint density at radius 3 is 2.71 bits per heavy atom. The van der Waals surface area contributed by atoms with E-state index in [9.17, 15) is 9.90 Å². The Hall–Kier alpha value is -1.70. The number of hydrogen-bond donors (Lipinski definition) is 3. The quantitative estimate of drug-likeness (QED) is 0.701. The smallest absolute Gasteiger partial charge is 0.237 e. The van der Waals surface area contributed by atoms with E-state index >= 15 is 0 Å². The highest BCUT2D eigenvalue weighted by Crippen LogP contribution is 2.35. The van der Waals surface area contributed by atoms with Crippen molar-refractivity contribution in [3.63, 3.8) is 0 Å². The number of amides is 1. The minimum absolute atomic E-state index is 0. The largest absolute Gasteiger partial charge is 0.491 e. The SMILES string of the molecule is CC(C)(C)[C@H](N)C(=O)NCC(O)COc1ccc2c(c1)OCO2.Cl. The van der Waals surface area contributed by atoms with Gasteiger partial charge in [-0.15, -0.1) is 12.4 Å². The van der Waals surface area contributed by atoms with E-state index in [0.717, 1.165) is 0 Å². The minimum Gasteiger partial charge on any atom is -0.491 e. The summed E-state index contributed by atoms with van der Waals surface area (Å²) < 4.78 is 15.9. The van der Waals surface area contributed by atoms with Crippen LogP contribution in [0.25, 0.3) is 0 Å². The van der Waals surface area contributed by atoms with E-state index in [1.54, 1.807) is 18.2 Å². The second-order valence-corrected chi connectivity index (χ2v) is 6.57. The van der Waals surface area contributed by atoms with Crippen molar-refractivity contribution >= 4 is 18.3 Å². The molecule has 1 aromatic rings. The van der Waals surface area contributed by atoms with Gasteiger partial charge in [0.2, 0.25) is 12.7 Å². The molecule has 2 rings (SSSR count). The van der Waals surface area contributed by atoms with Gasteiger partial charge in [0.15, 0.2) is 11.5 Å². The van der Waals surface area contributed by atoms with Gasteiger partial charge in [-0.1, -0.05) is 20.8 Å². The lowest BCUT2D eigenvalue weighted by Crippen LogP contribution is -2.50. The molecule has 0 spiro atoms. The molecule has 1 unspecified atom stereocenters. The minimum atomic E-state index is -0.837. The van der Waals surface area contributed by atoms with E-state index in [1.807, 2.05) is 20.8 Å². The molecule has 0 fully saturated rings. The number of hydrogen-bond acceptors (Lipinski definition) is 6. The van der Waals surface area contributed by atoms with Crippen LogP contribution in [0.4, 0.5) is 0 Å². The molecule has 1 amide bonds. The van der Waals surface area contributed by atoms with Gasteiger partial charge in [-0.05, 0) is 17.5 Å². The van der Waals surface area contributed by atoms with Crippen molar-refractivity contribution in [3.05, 3.63) is 18.2 Å². The summed E-state index contributed by atoms with van der Waals surface area (Å²) in [5, 5.41) is 12.5. The third-order valence-corrected chi connectivity index (χ3v) is 3.51. The molecule has 0 bridgehead atoms. The fourth-order valence-corrected chi connectivity index (χ4v) is 1.94. The summed E-state index contributed by atoms with van der Waals surface area (Å²) >= 11 is 0. The van der Waals surface area contributed by atoms with Gasteiger partial charge in [-0.2, -0.15) is 0 Å². The Balaban J connectivity index is 0.00000288. The molecule has 0 aliphatic carbocycles. The molecule has 1 aliphatic heterocycles. The van der Waals surface area contributed by atoms with Crippen LogP contribution < -0.4 is 25.3 Å². The van der Waals surface area contributed by atoms with Crippen molar-refractivity contribution in [1.29, 1.82) is 0 Å². The number of aliphatic hydroxyl groups excluding tert-OH is 1. The number of aliphatic hydroxyl groups is 1. The maximum atomic E-state index is 11.9. The van der Waals surface area contributed by atoms with Crippen LogP contribution >= 0.6 is 12.4 Å². The lowest BCUT2D eigenvalue weighted by molar-refractivity contribution is -0.125. The summed E-state index contributed by atoms with van der Waals surface area (Å²) in [6.07, 6.45) is -0.837. The zero-order chi connectivity index (χ0) is 17.0. The van der Waals surface area contributed by atoms with Gasteiger partial charge in [0.05, 0.1) is 6.04 Å². The van der Waals surface area contributed by atoms with Crippen molar-refractivity contribution in [2.75, 3.05) is 19.9 Å². The summed E-state index contributed by atoms with van der Waals surface area (Å²) in [5.74, 6) is 1.55. The van der Waals surface area contributed by atoms with Crippen LogP contribution in [0.15, 0.2) is 18.2 Å². The first-order valence-corrected chi connectivity index (χ1v) is 7.51. The van der Waals surface area contributed by atoms with Crippen LogP contribution in [0.3, 0.4) is 0 Å².